The number of benzene rings is 2. The average Bonchev–Trinajstić information content (AvgIpc) is 3.16. The SMILES string of the molecule is Cc1c(C(=O)N2CCC(CC=O)CC2)ccc(Cl)c1C(=O)n1nc(C)c2cc(C(F)(F)F)cc(C)c21. The normalized spacial score (nSPS) is 14.9. The van der Waals surface area contributed by atoms with Crippen molar-refractivity contribution in [3.8, 4) is 0 Å². The van der Waals surface area contributed by atoms with Gasteiger partial charge in [-0.1, -0.05) is 11.6 Å². The molecule has 0 atom stereocenters. The van der Waals surface area contributed by atoms with E-state index in [1.165, 1.54) is 19.9 Å². The molecule has 1 amide bonds. The number of alkyl halides is 3. The Morgan fingerprint density at radius 3 is 2.39 bits per heavy atom. The number of nitrogens with zero attached hydrogens (tertiary/aromatic N) is 3. The van der Waals surface area contributed by atoms with Crippen LogP contribution in [0.3, 0.4) is 0 Å². The van der Waals surface area contributed by atoms with Crippen LogP contribution in [0.4, 0.5) is 13.2 Å². The van der Waals surface area contributed by atoms with Crippen LogP contribution in [0.2, 0.25) is 5.02 Å². The highest BCUT2D eigenvalue weighted by Crippen LogP contribution is 2.35. The topological polar surface area (TPSA) is 72.3 Å². The second-order valence-corrected chi connectivity index (χ2v) is 9.63. The van der Waals surface area contributed by atoms with Gasteiger partial charge in [0.2, 0.25) is 0 Å². The fraction of sp³-hybridized carbons (Fsp3) is 0.385. The zero-order valence-electron chi connectivity index (χ0n) is 20.1. The van der Waals surface area contributed by atoms with Crippen molar-refractivity contribution < 1.29 is 27.6 Å². The first kappa shape index (κ1) is 25.9. The summed E-state index contributed by atoms with van der Waals surface area (Å²) >= 11 is 6.40. The monoisotopic (exact) mass is 519 g/mol. The number of amides is 1. The van der Waals surface area contributed by atoms with E-state index >= 15 is 0 Å². The highest BCUT2D eigenvalue weighted by Gasteiger charge is 2.33. The minimum atomic E-state index is -4.53. The molecule has 0 N–H and O–H groups in total. The number of rotatable bonds is 4. The predicted molar refractivity (Wildman–Crippen MR) is 129 cm³/mol. The van der Waals surface area contributed by atoms with Crippen molar-refractivity contribution in [1.82, 2.24) is 14.7 Å². The van der Waals surface area contributed by atoms with Gasteiger partial charge in [-0.15, -0.1) is 0 Å². The quantitative estimate of drug-likeness (QED) is 0.411. The molecule has 0 spiro atoms. The Kier molecular flexibility index (Phi) is 6.96. The molecule has 0 radical (unpaired) electrons. The first-order valence-electron chi connectivity index (χ1n) is 11.6. The standard InChI is InChI=1S/C26H25ClF3N3O3/c1-14-12-18(26(28,29)30)13-20-16(3)31-33(23(14)20)25(36)22-15(2)19(4-5-21(22)27)24(35)32-9-6-17(7-10-32)8-11-34/h4-5,11-13,17H,6-10H2,1-3H3. The third-order valence-electron chi connectivity index (χ3n) is 6.86. The van der Waals surface area contributed by atoms with Crippen molar-refractivity contribution in [3.63, 3.8) is 0 Å². The van der Waals surface area contributed by atoms with Gasteiger partial charge in [0.05, 0.1) is 27.4 Å². The first-order valence-corrected chi connectivity index (χ1v) is 12.0. The molecule has 1 aliphatic heterocycles. The Balaban J connectivity index is 1.73. The maximum Gasteiger partial charge on any atom is 0.416 e. The lowest BCUT2D eigenvalue weighted by atomic mass is 9.93. The van der Waals surface area contributed by atoms with E-state index in [1.807, 2.05) is 0 Å². The molecule has 2 heterocycles. The van der Waals surface area contributed by atoms with E-state index in [0.717, 1.165) is 35.9 Å². The third-order valence-corrected chi connectivity index (χ3v) is 7.18. The fourth-order valence-corrected chi connectivity index (χ4v) is 5.14. The van der Waals surface area contributed by atoms with Gasteiger partial charge in [0, 0.05) is 30.5 Å². The summed E-state index contributed by atoms with van der Waals surface area (Å²) in [6, 6.07) is 5.01. The molecule has 2 aromatic carbocycles. The van der Waals surface area contributed by atoms with Crippen LogP contribution in [0.5, 0.6) is 0 Å². The van der Waals surface area contributed by atoms with E-state index in [4.69, 9.17) is 11.6 Å². The number of hydrogen-bond donors (Lipinski definition) is 0. The van der Waals surface area contributed by atoms with Gasteiger partial charge in [0.1, 0.15) is 6.29 Å². The number of aldehydes is 1. The number of aromatic nitrogens is 2. The van der Waals surface area contributed by atoms with Crippen LogP contribution in [0.25, 0.3) is 10.9 Å². The molecule has 36 heavy (non-hydrogen) atoms. The molecule has 0 aliphatic carbocycles. The summed E-state index contributed by atoms with van der Waals surface area (Å²) in [6.45, 7) is 5.66. The maximum absolute atomic E-state index is 13.7. The number of likely N-dealkylation sites (tertiary alicyclic amines) is 1. The summed E-state index contributed by atoms with van der Waals surface area (Å²) in [6.07, 6.45) is -1.72. The molecule has 0 unspecified atom stereocenters. The molecule has 6 nitrogen and oxygen atoms in total. The first-order chi connectivity index (χ1) is 16.9. The lowest BCUT2D eigenvalue weighted by molar-refractivity contribution is -0.137. The van der Waals surface area contributed by atoms with E-state index in [9.17, 15) is 27.6 Å². The Hall–Kier alpha value is -3.20. The van der Waals surface area contributed by atoms with Crippen LogP contribution in [-0.2, 0) is 11.0 Å². The highest BCUT2D eigenvalue weighted by atomic mass is 35.5. The molecule has 10 heteroatoms. The molecular weight excluding hydrogens is 495 g/mol. The molecule has 1 aromatic heterocycles. The van der Waals surface area contributed by atoms with E-state index < -0.39 is 17.6 Å². The number of piperidine rings is 1. The zero-order chi connectivity index (χ0) is 26.4. The molecule has 4 rings (SSSR count). The summed E-state index contributed by atoms with van der Waals surface area (Å²) in [5, 5.41) is 4.57. The van der Waals surface area contributed by atoms with Gasteiger partial charge in [-0.25, -0.2) is 0 Å². The highest BCUT2D eigenvalue weighted by molar-refractivity contribution is 6.34. The smallest absolute Gasteiger partial charge is 0.339 e. The third kappa shape index (κ3) is 4.64. The van der Waals surface area contributed by atoms with Crippen molar-refractivity contribution in [2.24, 2.45) is 5.92 Å². The molecule has 0 bridgehead atoms. The lowest BCUT2D eigenvalue weighted by Gasteiger charge is -2.31. The van der Waals surface area contributed by atoms with Crippen molar-refractivity contribution in [2.75, 3.05) is 13.1 Å². The van der Waals surface area contributed by atoms with Crippen LogP contribution in [0.15, 0.2) is 24.3 Å². The van der Waals surface area contributed by atoms with Crippen LogP contribution in [0.1, 0.15) is 62.4 Å². The van der Waals surface area contributed by atoms with E-state index in [2.05, 4.69) is 5.10 Å². The van der Waals surface area contributed by atoms with Gasteiger partial charge in [0.15, 0.2) is 0 Å². The van der Waals surface area contributed by atoms with E-state index in [-0.39, 0.29) is 44.6 Å². The lowest BCUT2D eigenvalue weighted by Crippen LogP contribution is -2.39. The molecular formula is C26H25ClF3N3O3. The maximum atomic E-state index is 13.7. The summed E-state index contributed by atoms with van der Waals surface area (Å²) in [5.41, 5.74) is 0.720. The van der Waals surface area contributed by atoms with Crippen LogP contribution >= 0.6 is 11.6 Å². The summed E-state index contributed by atoms with van der Waals surface area (Å²) in [4.78, 5) is 39.4. The van der Waals surface area contributed by atoms with Gasteiger partial charge in [-0.3, -0.25) is 9.59 Å². The van der Waals surface area contributed by atoms with Gasteiger partial charge < -0.3 is 9.69 Å². The predicted octanol–water partition coefficient (Wildman–Crippen LogP) is 5.76. The van der Waals surface area contributed by atoms with Crippen LogP contribution < -0.4 is 0 Å². The Bertz CT molecular complexity index is 1370. The van der Waals surface area contributed by atoms with Gasteiger partial charge in [-0.2, -0.15) is 23.0 Å². The molecule has 3 aromatic rings. The number of aryl methyl sites for hydroxylation is 2. The number of carbonyl (C=O) groups excluding carboxylic acids is 3. The van der Waals surface area contributed by atoms with Crippen molar-refractivity contribution in [1.29, 1.82) is 0 Å². The summed E-state index contributed by atoms with van der Waals surface area (Å²) in [7, 11) is 0. The number of fused-ring (bicyclic) bond motifs is 1. The minimum Gasteiger partial charge on any atom is -0.339 e. The molecule has 1 aliphatic rings. The zero-order valence-corrected chi connectivity index (χ0v) is 20.8. The Morgan fingerprint density at radius 1 is 1.11 bits per heavy atom. The van der Waals surface area contributed by atoms with Gasteiger partial charge in [0.25, 0.3) is 11.8 Å². The number of hydrogen-bond acceptors (Lipinski definition) is 4. The summed E-state index contributed by atoms with van der Waals surface area (Å²) in [5.74, 6) is -0.611. The number of halogens is 4. The minimum absolute atomic E-state index is 0.0713. The van der Waals surface area contributed by atoms with Gasteiger partial charge in [-0.05, 0) is 74.9 Å². The van der Waals surface area contributed by atoms with E-state index in [0.29, 0.717) is 30.6 Å². The van der Waals surface area contributed by atoms with E-state index in [1.54, 1.807) is 17.9 Å². The van der Waals surface area contributed by atoms with Crippen LogP contribution in [0, 0.1) is 26.7 Å². The summed E-state index contributed by atoms with van der Waals surface area (Å²) < 4.78 is 41.1. The van der Waals surface area contributed by atoms with Crippen LogP contribution in [-0.4, -0.2) is 45.9 Å². The van der Waals surface area contributed by atoms with Crippen molar-refractivity contribution in [3.05, 3.63) is 62.8 Å². The molecule has 1 fully saturated rings. The Labute approximate surface area is 211 Å². The fourth-order valence-electron chi connectivity index (χ4n) is 4.86. The number of carbonyl (C=O) groups is 3. The van der Waals surface area contributed by atoms with Crippen molar-refractivity contribution in [2.45, 2.75) is 46.2 Å². The van der Waals surface area contributed by atoms with Crippen molar-refractivity contribution >= 4 is 40.6 Å². The molecule has 1 saturated heterocycles. The average molecular weight is 520 g/mol. The second-order valence-electron chi connectivity index (χ2n) is 9.22. The largest absolute Gasteiger partial charge is 0.416 e. The molecule has 0 saturated carbocycles. The molecule has 190 valence electrons. The second kappa shape index (κ2) is 9.69. The van der Waals surface area contributed by atoms with Gasteiger partial charge >= 0.3 is 6.18 Å². The Morgan fingerprint density at radius 2 is 1.78 bits per heavy atom.